The van der Waals surface area contributed by atoms with Gasteiger partial charge in [-0.15, -0.1) is 0 Å². The van der Waals surface area contributed by atoms with Crippen molar-refractivity contribution >= 4 is 31.7 Å². The van der Waals surface area contributed by atoms with Gasteiger partial charge in [0.2, 0.25) is 0 Å². The third kappa shape index (κ3) is 3.34. The summed E-state index contributed by atoms with van der Waals surface area (Å²) in [4.78, 5) is 38.1. The van der Waals surface area contributed by atoms with Crippen LogP contribution in [0.4, 0.5) is 0 Å². The third-order valence-electron chi connectivity index (χ3n) is 2.79. The Kier molecular flexibility index (Phi) is 4.33. The highest BCUT2D eigenvalue weighted by molar-refractivity contribution is 9.10. The molecule has 0 atom stereocenters. The van der Waals surface area contributed by atoms with Crippen molar-refractivity contribution < 1.29 is 13.2 Å². The molecule has 0 bridgehead atoms. The van der Waals surface area contributed by atoms with Gasteiger partial charge in [0.15, 0.2) is 9.84 Å². The molecule has 116 valence electrons. The number of halogens is 1. The Labute approximate surface area is 132 Å². The summed E-state index contributed by atoms with van der Waals surface area (Å²) in [5.41, 5.74) is 2.23. The molecule has 10 heteroatoms. The van der Waals surface area contributed by atoms with E-state index >= 15 is 0 Å². The van der Waals surface area contributed by atoms with Gasteiger partial charge < -0.3 is 10.7 Å². The summed E-state index contributed by atoms with van der Waals surface area (Å²) in [5, 5.41) is 0. The van der Waals surface area contributed by atoms with Crippen LogP contribution in [0.5, 0.6) is 0 Å². The topological polar surface area (TPSA) is 143 Å². The monoisotopic (exact) mass is 387 g/mol. The van der Waals surface area contributed by atoms with E-state index in [9.17, 15) is 22.8 Å². The van der Waals surface area contributed by atoms with Crippen LogP contribution in [0.3, 0.4) is 0 Å². The number of carbonyl (C=O) groups is 1. The van der Waals surface area contributed by atoms with Gasteiger partial charge in [-0.3, -0.25) is 14.6 Å². The standard InChI is InChI=1S/C12H10BrN3O5S/c13-6-1-3-7(4-2-6)22(20,21)5-8-9(10(14)17)15-12(19)16-11(8)18/h1-4H,5H2,(H2,14,17)(H2,15,16,18,19). The van der Waals surface area contributed by atoms with Crippen LogP contribution in [0.15, 0.2) is 43.2 Å². The number of aromatic amines is 2. The molecule has 1 heterocycles. The lowest BCUT2D eigenvalue weighted by atomic mass is 10.2. The predicted octanol–water partition coefficient (Wildman–Crippen LogP) is -0.102. The summed E-state index contributed by atoms with van der Waals surface area (Å²) >= 11 is 3.18. The van der Waals surface area contributed by atoms with Crippen molar-refractivity contribution in [2.45, 2.75) is 10.6 Å². The Balaban J connectivity index is 2.55. The molecule has 0 radical (unpaired) electrons. The van der Waals surface area contributed by atoms with Gasteiger partial charge in [-0.2, -0.15) is 0 Å². The highest BCUT2D eigenvalue weighted by Crippen LogP contribution is 2.18. The molecule has 0 aliphatic heterocycles. The molecule has 8 nitrogen and oxygen atoms in total. The normalized spacial score (nSPS) is 11.3. The molecular weight excluding hydrogens is 378 g/mol. The second-order valence-electron chi connectivity index (χ2n) is 4.34. The number of H-pyrrole nitrogens is 2. The van der Waals surface area contributed by atoms with Crippen molar-refractivity contribution in [3.63, 3.8) is 0 Å². The number of nitrogens with two attached hydrogens (primary N) is 1. The number of rotatable bonds is 4. The molecule has 0 aliphatic rings. The van der Waals surface area contributed by atoms with Gasteiger partial charge in [-0.05, 0) is 24.3 Å². The average molecular weight is 388 g/mol. The van der Waals surface area contributed by atoms with Crippen molar-refractivity contribution in [1.82, 2.24) is 9.97 Å². The second-order valence-corrected chi connectivity index (χ2v) is 7.24. The molecule has 1 aromatic heterocycles. The van der Waals surface area contributed by atoms with Crippen molar-refractivity contribution in [2.75, 3.05) is 0 Å². The first-order chi connectivity index (χ1) is 10.2. The fourth-order valence-electron chi connectivity index (χ4n) is 1.78. The van der Waals surface area contributed by atoms with Gasteiger partial charge in [-0.1, -0.05) is 15.9 Å². The molecule has 0 unspecified atom stereocenters. The SMILES string of the molecule is NC(=O)c1[nH]c(=O)[nH]c(=O)c1CS(=O)(=O)c1ccc(Br)cc1. The number of hydrogen-bond acceptors (Lipinski definition) is 5. The van der Waals surface area contributed by atoms with Crippen LogP contribution >= 0.6 is 15.9 Å². The first-order valence-corrected chi connectivity index (χ1v) is 8.29. The van der Waals surface area contributed by atoms with Gasteiger partial charge in [0.05, 0.1) is 16.2 Å². The maximum Gasteiger partial charge on any atom is 0.326 e. The number of nitrogens with one attached hydrogen (secondary N) is 2. The minimum atomic E-state index is -3.89. The number of sulfone groups is 1. The highest BCUT2D eigenvalue weighted by Gasteiger charge is 2.22. The smallest absolute Gasteiger partial charge is 0.326 e. The first-order valence-electron chi connectivity index (χ1n) is 5.84. The van der Waals surface area contributed by atoms with Gasteiger partial charge in [0.25, 0.3) is 11.5 Å². The third-order valence-corrected chi connectivity index (χ3v) is 4.98. The average Bonchev–Trinajstić information content (AvgIpc) is 2.41. The summed E-state index contributed by atoms with van der Waals surface area (Å²) in [6.07, 6.45) is 0. The molecule has 1 aromatic carbocycles. The molecule has 2 aromatic rings. The number of hydrogen-bond donors (Lipinski definition) is 3. The van der Waals surface area contributed by atoms with Crippen LogP contribution in [0.25, 0.3) is 0 Å². The van der Waals surface area contributed by atoms with Gasteiger partial charge >= 0.3 is 5.69 Å². The highest BCUT2D eigenvalue weighted by atomic mass is 79.9. The van der Waals surface area contributed by atoms with E-state index in [4.69, 9.17) is 5.73 Å². The molecule has 0 spiro atoms. The fourth-order valence-corrected chi connectivity index (χ4v) is 3.41. The van der Waals surface area contributed by atoms with Gasteiger partial charge in [0.1, 0.15) is 5.69 Å². The summed E-state index contributed by atoms with van der Waals surface area (Å²) in [5.74, 6) is -1.86. The van der Waals surface area contributed by atoms with Crippen molar-refractivity contribution in [1.29, 1.82) is 0 Å². The van der Waals surface area contributed by atoms with E-state index in [1.165, 1.54) is 24.3 Å². The first kappa shape index (κ1) is 16.2. The summed E-state index contributed by atoms with van der Waals surface area (Å²) in [7, 11) is -3.89. The lowest BCUT2D eigenvalue weighted by molar-refractivity contribution is 0.0994. The Morgan fingerprint density at radius 3 is 2.27 bits per heavy atom. The quantitative estimate of drug-likeness (QED) is 0.670. The van der Waals surface area contributed by atoms with E-state index in [-0.39, 0.29) is 4.90 Å². The van der Waals surface area contributed by atoms with Gasteiger partial charge in [0, 0.05) is 4.47 Å². The van der Waals surface area contributed by atoms with Crippen LogP contribution < -0.4 is 17.0 Å². The number of carbonyl (C=O) groups excluding carboxylic acids is 1. The van der Waals surface area contributed by atoms with Crippen LogP contribution in [-0.2, 0) is 15.6 Å². The lowest BCUT2D eigenvalue weighted by Crippen LogP contribution is -2.33. The second kappa shape index (κ2) is 5.89. The minimum Gasteiger partial charge on any atom is -0.364 e. The maximum atomic E-state index is 12.3. The maximum absolute atomic E-state index is 12.3. The van der Waals surface area contributed by atoms with Crippen LogP contribution in [0.1, 0.15) is 16.1 Å². The summed E-state index contributed by atoms with van der Waals surface area (Å²) in [6, 6.07) is 5.75. The number of aromatic nitrogens is 2. The zero-order valence-electron chi connectivity index (χ0n) is 10.9. The predicted molar refractivity (Wildman–Crippen MR) is 81.2 cm³/mol. The fraction of sp³-hybridized carbons (Fsp3) is 0.0833. The van der Waals surface area contributed by atoms with Crippen LogP contribution in [0, 0.1) is 0 Å². The van der Waals surface area contributed by atoms with Gasteiger partial charge in [-0.25, -0.2) is 13.2 Å². The van der Waals surface area contributed by atoms with Crippen LogP contribution in [-0.4, -0.2) is 24.3 Å². The van der Waals surface area contributed by atoms with E-state index in [0.717, 1.165) is 0 Å². The van der Waals surface area contributed by atoms with Crippen molar-refractivity contribution in [3.8, 4) is 0 Å². The molecule has 22 heavy (non-hydrogen) atoms. The molecule has 0 saturated heterocycles. The number of primary amides is 1. The number of amides is 1. The number of benzene rings is 1. The van der Waals surface area contributed by atoms with E-state index in [0.29, 0.717) is 4.47 Å². The van der Waals surface area contributed by atoms with Crippen LogP contribution in [0.2, 0.25) is 0 Å². The molecule has 1 amide bonds. The molecule has 0 saturated carbocycles. The van der Waals surface area contributed by atoms with Crippen molar-refractivity contribution in [3.05, 3.63) is 60.8 Å². The Hall–Kier alpha value is -2.20. The lowest BCUT2D eigenvalue weighted by Gasteiger charge is -2.07. The Morgan fingerprint density at radius 1 is 1.14 bits per heavy atom. The zero-order valence-corrected chi connectivity index (χ0v) is 13.3. The van der Waals surface area contributed by atoms with E-state index in [1.54, 1.807) is 0 Å². The molecule has 4 N–H and O–H groups in total. The zero-order chi connectivity index (χ0) is 16.5. The van der Waals surface area contributed by atoms with Crippen molar-refractivity contribution in [2.24, 2.45) is 5.73 Å². The summed E-state index contributed by atoms with van der Waals surface area (Å²) in [6.45, 7) is 0. The molecule has 0 fully saturated rings. The Bertz CT molecular complexity index is 944. The minimum absolute atomic E-state index is 0.0308. The molecule has 2 rings (SSSR count). The van der Waals surface area contributed by atoms with E-state index < -0.39 is 44.0 Å². The molecule has 0 aliphatic carbocycles. The van der Waals surface area contributed by atoms with E-state index in [2.05, 4.69) is 15.9 Å². The Morgan fingerprint density at radius 2 is 1.73 bits per heavy atom. The van der Waals surface area contributed by atoms with E-state index in [1.807, 2.05) is 9.97 Å². The largest absolute Gasteiger partial charge is 0.364 e. The summed E-state index contributed by atoms with van der Waals surface area (Å²) < 4.78 is 25.3. The molecular formula is C12H10BrN3O5S.